The first-order valence-corrected chi connectivity index (χ1v) is 6.10. The van der Waals surface area contributed by atoms with Crippen LogP contribution in [0.25, 0.3) is 5.69 Å². The number of para-hydroxylation sites is 2. The van der Waals surface area contributed by atoms with E-state index in [0.29, 0.717) is 0 Å². The maximum Gasteiger partial charge on any atom is 0.145 e. The lowest BCUT2D eigenvalue weighted by Gasteiger charge is -2.08. The second-order valence-electron chi connectivity index (χ2n) is 3.55. The minimum Gasteiger partial charge on any atom is -0.358 e. The molecule has 0 saturated carbocycles. The van der Waals surface area contributed by atoms with Gasteiger partial charge in [-0.15, -0.1) is 0 Å². The molecule has 1 aromatic heterocycles. The highest BCUT2D eigenvalue weighted by Gasteiger charge is 2.04. The molecule has 6 heteroatoms. The molecule has 0 spiro atoms. The number of aromatic nitrogens is 2. The molecule has 0 atom stereocenters. The number of nitrogens with zero attached hydrogens (tertiary/aromatic N) is 4. The summed E-state index contributed by atoms with van der Waals surface area (Å²) in [5.74, 6) is 0. The van der Waals surface area contributed by atoms with E-state index in [2.05, 4.69) is 26.3 Å². The average Bonchev–Trinajstić information content (AvgIpc) is 2.87. The molecule has 2 rings (SSSR count). The number of allylic oxidation sites excluding steroid dienone is 1. The number of hydrogen-bond acceptors (Lipinski definition) is 4. The molecule has 0 amide bonds. The topological polar surface area (TPSA) is 77.4 Å². The molecule has 0 aliphatic rings. The summed E-state index contributed by atoms with van der Waals surface area (Å²) in [7, 11) is 0. The zero-order valence-electron chi connectivity index (χ0n) is 9.71. The number of halogens is 1. The molecule has 2 aromatic rings. The number of anilines is 1. The van der Waals surface area contributed by atoms with Crippen molar-refractivity contribution in [1.82, 2.24) is 9.78 Å². The number of rotatable bonds is 3. The molecule has 0 radical (unpaired) electrons. The van der Waals surface area contributed by atoms with Crippen LogP contribution in [0.5, 0.6) is 0 Å². The van der Waals surface area contributed by atoms with Gasteiger partial charge in [-0.1, -0.05) is 12.1 Å². The van der Waals surface area contributed by atoms with Crippen molar-refractivity contribution in [2.45, 2.75) is 0 Å². The minimum atomic E-state index is 0.0106. The first-order chi connectivity index (χ1) is 9.24. The Balaban J connectivity index is 2.36. The summed E-state index contributed by atoms with van der Waals surface area (Å²) in [5.41, 5.74) is 1.58. The summed E-state index contributed by atoms with van der Waals surface area (Å²) in [6, 6.07) is 11.1. The van der Waals surface area contributed by atoms with Gasteiger partial charge in [-0.05, 0) is 28.1 Å². The molecule has 0 aliphatic heterocycles. The average molecular weight is 314 g/mol. The number of benzene rings is 1. The van der Waals surface area contributed by atoms with E-state index in [1.807, 2.05) is 30.5 Å². The van der Waals surface area contributed by atoms with Gasteiger partial charge >= 0.3 is 0 Å². The van der Waals surface area contributed by atoms with Crippen molar-refractivity contribution in [3.8, 4) is 17.8 Å². The van der Waals surface area contributed by atoms with E-state index in [0.717, 1.165) is 15.8 Å². The van der Waals surface area contributed by atoms with Crippen LogP contribution in [-0.2, 0) is 0 Å². The molecular weight excluding hydrogens is 306 g/mol. The molecule has 92 valence electrons. The lowest BCUT2D eigenvalue weighted by molar-refractivity contribution is 0.882. The van der Waals surface area contributed by atoms with Crippen molar-refractivity contribution in [1.29, 1.82) is 10.5 Å². The highest BCUT2D eigenvalue weighted by atomic mass is 79.9. The van der Waals surface area contributed by atoms with Gasteiger partial charge in [-0.25, -0.2) is 4.68 Å². The van der Waals surface area contributed by atoms with Gasteiger partial charge in [-0.2, -0.15) is 15.6 Å². The van der Waals surface area contributed by atoms with Crippen molar-refractivity contribution < 1.29 is 0 Å². The van der Waals surface area contributed by atoms with Crippen LogP contribution >= 0.6 is 15.9 Å². The van der Waals surface area contributed by atoms with Gasteiger partial charge in [0.1, 0.15) is 17.7 Å². The Morgan fingerprint density at radius 2 is 2.05 bits per heavy atom. The van der Waals surface area contributed by atoms with Gasteiger partial charge in [-0.3, -0.25) is 0 Å². The Hall–Kier alpha value is -2.57. The molecule has 1 heterocycles. The summed E-state index contributed by atoms with van der Waals surface area (Å²) in [6.07, 6.45) is 4.87. The standard InChI is InChI=1S/C13H8BrN5/c14-11-8-18-19(9-11)13-4-2-1-3-12(13)17-7-10(5-15)6-16/h1-4,7-9,17H. The summed E-state index contributed by atoms with van der Waals surface area (Å²) in [4.78, 5) is 0. The molecule has 1 aromatic carbocycles. The fourth-order valence-electron chi connectivity index (χ4n) is 1.47. The van der Waals surface area contributed by atoms with Crippen molar-refractivity contribution >= 4 is 21.6 Å². The lowest BCUT2D eigenvalue weighted by Crippen LogP contribution is -2.00. The smallest absolute Gasteiger partial charge is 0.145 e. The summed E-state index contributed by atoms with van der Waals surface area (Å²) in [6.45, 7) is 0. The second kappa shape index (κ2) is 5.85. The molecule has 0 aliphatic carbocycles. The van der Waals surface area contributed by atoms with E-state index in [9.17, 15) is 0 Å². The third kappa shape index (κ3) is 3.01. The summed E-state index contributed by atoms with van der Waals surface area (Å²) in [5, 5.41) is 24.5. The van der Waals surface area contributed by atoms with E-state index in [1.54, 1.807) is 23.0 Å². The SMILES string of the molecule is N#CC(C#N)=CNc1ccccc1-n1cc(Br)cn1. The van der Waals surface area contributed by atoms with Crippen LogP contribution in [0.2, 0.25) is 0 Å². The largest absolute Gasteiger partial charge is 0.358 e. The van der Waals surface area contributed by atoms with Gasteiger partial charge in [0.2, 0.25) is 0 Å². The van der Waals surface area contributed by atoms with Crippen LogP contribution in [0.3, 0.4) is 0 Å². The van der Waals surface area contributed by atoms with Crippen LogP contribution in [0.15, 0.2) is 52.9 Å². The number of nitriles is 2. The van der Waals surface area contributed by atoms with Crippen LogP contribution < -0.4 is 5.32 Å². The molecule has 19 heavy (non-hydrogen) atoms. The zero-order chi connectivity index (χ0) is 13.7. The van der Waals surface area contributed by atoms with Crippen molar-refractivity contribution in [2.24, 2.45) is 0 Å². The predicted molar refractivity (Wildman–Crippen MR) is 74.2 cm³/mol. The fourth-order valence-corrected chi connectivity index (χ4v) is 1.75. The Morgan fingerprint density at radius 3 is 2.68 bits per heavy atom. The van der Waals surface area contributed by atoms with Gasteiger partial charge in [0.25, 0.3) is 0 Å². The van der Waals surface area contributed by atoms with E-state index < -0.39 is 0 Å². The molecule has 0 fully saturated rings. The number of hydrogen-bond donors (Lipinski definition) is 1. The van der Waals surface area contributed by atoms with E-state index in [4.69, 9.17) is 10.5 Å². The highest BCUT2D eigenvalue weighted by molar-refractivity contribution is 9.10. The normalized spacial score (nSPS) is 9.21. The highest BCUT2D eigenvalue weighted by Crippen LogP contribution is 2.21. The quantitative estimate of drug-likeness (QED) is 0.884. The first-order valence-electron chi connectivity index (χ1n) is 5.31. The molecule has 0 bridgehead atoms. The van der Waals surface area contributed by atoms with E-state index in [-0.39, 0.29) is 5.57 Å². The maximum absolute atomic E-state index is 8.69. The van der Waals surface area contributed by atoms with Gasteiger partial charge in [0, 0.05) is 12.4 Å². The van der Waals surface area contributed by atoms with Crippen molar-refractivity contribution in [3.63, 3.8) is 0 Å². The summed E-state index contributed by atoms with van der Waals surface area (Å²) < 4.78 is 2.56. The zero-order valence-corrected chi connectivity index (χ0v) is 11.3. The second-order valence-corrected chi connectivity index (χ2v) is 4.46. The van der Waals surface area contributed by atoms with Crippen molar-refractivity contribution in [2.75, 3.05) is 5.32 Å². The molecule has 1 N–H and O–H groups in total. The third-order valence-electron chi connectivity index (χ3n) is 2.31. The maximum atomic E-state index is 8.69. The minimum absolute atomic E-state index is 0.0106. The summed E-state index contributed by atoms with van der Waals surface area (Å²) >= 11 is 3.34. The van der Waals surface area contributed by atoms with Crippen LogP contribution in [-0.4, -0.2) is 9.78 Å². The molecular formula is C13H8BrN5. The molecule has 0 saturated heterocycles. The third-order valence-corrected chi connectivity index (χ3v) is 2.72. The predicted octanol–water partition coefficient (Wildman–Crippen LogP) is 2.98. The van der Waals surface area contributed by atoms with Crippen LogP contribution in [0.1, 0.15) is 0 Å². The Bertz CT molecular complexity index is 686. The van der Waals surface area contributed by atoms with Crippen LogP contribution in [0.4, 0.5) is 5.69 Å². The Labute approximate surface area is 118 Å². The first kappa shape index (κ1) is 12.9. The van der Waals surface area contributed by atoms with Crippen LogP contribution in [0, 0.1) is 22.7 Å². The van der Waals surface area contributed by atoms with Gasteiger partial charge in [0.05, 0.1) is 22.0 Å². The Morgan fingerprint density at radius 1 is 1.32 bits per heavy atom. The molecule has 5 nitrogen and oxygen atoms in total. The van der Waals surface area contributed by atoms with E-state index in [1.165, 1.54) is 6.20 Å². The van der Waals surface area contributed by atoms with Gasteiger partial charge < -0.3 is 5.32 Å². The number of nitrogens with one attached hydrogen (secondary N) is 1. The Kier molecular flexibility index (Phi) is 3.97. The monoisotopic (exact) mass is 313 g/mol. The van der Waals surface area contributed by atoms with Crippen molar-refractivity contribution in [3.05, 3.63) is 52.9 Å². The molecule has 0 unspecified atom stereocenters. The van der Waals surface area contributed by atoms with Gasteiger partial charge in [0.15, 0.2) is 0 Å². The fraction of sp³-hybridized carbons (Fsp3) is 0. The van der Waals surface area contributed by atoms with E-state index >= 15 is 0 Å². The lowest BCUT2D eigenvalue weighted by atomic mass is 10.2.